The van der Waals surface area contributed by atoms with Crippen LogP contribution in [0.3, 0.4) is 0 Å². The molecule has 1 saturated heterocycles. The Balaban J connectivity index is 1.78. The third kappa shape index (κ3) is 4.35. The van der Waals surface area contributed by atoms with Gasteiger partial charge in [0.15, 0.2) is 5.96 Å². The van der Waals surface area contributed by atoms with E-state index in [1.807, 2.05) is 7.05 Å². The third-order valence-corrected chi connectivity index (χ3v) is 5.31. The van der Waals surface area contributed by atoms with E-state index in [2.05, 4.69) is 40.9 Å². The van der Waals surface area contributed by atoms with Crippen LogP contribution in [0.1, 0.15) is 46.5 Å². The molecule has 4 nitrogen and oxygen atoms in total. The molecule has 1 aliphatic carbocycles. The van der Waals surface area contributed by atoms with Crippen molar-refractivity contribution in [3.8, 4) is 0 Å². The van der Waals surface area contributed by atoms with Crippen LogP contribution in [0.4, 0.5) is 0 Å². The van der Waals surface area contributed by atoms with Gasteiger partial charge in [0, 0.05) is 39.3 Å². The minimum atomic E-state index is 0.619. The van der Waals surface area contributed by atoms with Gasteiger partial charge >= 0.3 is 0 Å². The van der Waals surface area contributed by atoms with E-state index in [4.69, 9.17) is 0 Å². The summed E-state index contributed by atoms with van der Waals surface area (Å²) in [5.41, 5.74) is 0. The minimum absolute atomic E-state index is 0.619. The lowest BCUT2D eigenvalue weighted by Gasteiger charge is -2.27. The molecule has 122 valence electrons. The van der Waals surface area contributed by atoms with E-state index in [0.29, 0.717) is 6.04 Å². The Bertz CT molecular complexity index is 326. The molecule has 0 aromatic carbocycles. The average Bonchev–Trinajstić information content (AvgIpc) is 2.90. The molecule has 2 unspecified atom stereocenters. The van der Waals surface area contributed by atoms with Gasteiger partial charge in [-0.25, -0.2) is 0 Å². The lowest BCUT2D eigenvalue weighted by atomic mass is 9.82. The molecular weight excluding hydrogens is 260 g/mol. The van der Waals surface area contributed by atoms with Crippen molar-refractivity contribution in [1.82, 2.24) is 15.1 Å². The van der Waals surface area contributed by atoms with Gasteiger partial charge in [0.2, 0.25) is 0 Å². The van der Waals surface area contributed by atoms with Gasteiger partial charge in [0.05, 0.1) is 0 Å². The monoisotopic (exact) mass is 294 g/mol. The maximum absolute atomic E-state index is 4.51. The summed E-state index contributed by atoms with van der Waals surface area (Å²) in [5, 5.41) is 3.57. The van der Waals surface area contributed by atoms with E-state index >= 15 is 0 Å². The zero-order chi connectivity index (χ0) is 15.2. The highest BCUT2D eigenvalue weighted by Gasteiger charge is 2.35. The summed E-state index contributed by atoms with van der Waals surface area (Å²) in [6, 6.07) is 0.619. The summed E-state index contributed by atoms with van der Waals surface area (Å²) in [4.78, 5) is 9.49. The zero-order valence-corrected chi connectivity index (χ0v) is 14.4. The molecule has 1 heterocycles. The molecule has 1 aliphatic heterocycles. The van der Waals surface area contributed by atoms with Crippen molar-refractivity contribution in [2.75, 3.05) is 39.8 Å². The third-order valence-electron chi connectivity index (χ3n) is 5.31. The SMILES string of the molecule is CCN(CCNC(=NC)N1CC2CCCCC2C1)C(C)C. The summed E-state index contributed by atoms with van der Waals surface area (Å²) < 4.78 is 0. The van der Waals surface area contributed by atoms with E-state index in [0.717, 1.165) is 37.4 Å². The topological polar surface area (TPSA) is 30.9 Å². The van der Waals surface area contributed by atoms with Gasteiger partial charge < -0.3 is 10.2 Å². The number of guanidine groups is 1. The molecule has 4 heteroatoms. The van der Waals surface area contributed by atoms with Gasteiger partial charge in [-0.2, -0.15) is 0 Å². The number of likely N-dealkylation sites (tertiary alicyclic amines) is 1. The second kappa shape index (κ2) is 8.02. The molecule has 2 rings (SSSR count). The number of hydrogen-bond donors (Lipinski definition) is 1. The molecule has 0 aromatic rings. The van der Waals surface area contributed by atoms with E-state index < -0.39 is 0 Å². The van der Waals surface area contributed by atoms with Crippen LogP contribution in [0.25, 0.3) is 0 Å². The Morgan fingerprint density at radius 2 is 1.86 bits per heavy atom. The van der Waals surface area contributed by atoms with Gasteiger partial charge in [-0.05, 0) is 45.1 Å². The first-order chi connectivity index (χ1) is 10.2. The first-order valence-corrected chi connectivity index (χ1v) is 8.85. The summed E-state index contributed by atoms with van der Waals surface area (Å²) in [5.74, 6) is 2.95. The van der Waals surface area contributed by atoms with E-state index in [1.54, 1.807) is 0 Å². The molecule has 2 aliphatic rings. The Kier molecular flexibility index (Phi) is 6.34. The van der Waals surface area contributed by atoms with Crippen LogP contribution in [0.5, 0.6) is 0 Å². The van der Waals surface area contributed by atoms with Crippen LogP contribution in [0.15, 0.2) is 4.99 Å². The van der Waals surface area contributed by atoms with Gasteiger partial charge in [0.1, 0.15) is 0 Å². The van der Waals surface area contributed by atoms with Crippen LogP contribution in [0, 0.1) is 11.8 Å². The number of nitrogens with zero attached hydrogens (tertiary/aromatic N) is 3. The first kappa shape index (κ1) is 16.6. The fourth-order valence-electron chi connectivity index (χ4n) is 4.00. The molecule has 0 aromatic heterocycles. The van der Waals surface area contributed by atoms with Crippen molar-refractivity contribution in [3.63, 3.8) is 0 Å². The summed E-state index contributed by atoms with van der Waals surface area (Å²) in [7, 11) is 1.92. The van der Waals surface area contributed by atoms with Crippen LogP contribution in [-0.2, 0) is 0 Å². The number of nitrogens with one attached hydrogen (secondary N) is 1. The second-order valence-electron chi connectivity index (χ2n) is 6.91. The summed E-state index contributed by atoms with van der Waals surface area (Å²) in [6.45, 7) is 12.4. The number of aliphatic imine (C=N–C) groups is 1. The van der Waals surface area contributed by atoms with Crippen molar-refractivity contribution >= 4 is 5.96 Å². The number of fused-ring (bicyclic) bond motifs is 1. The largest absolute Gasteiger partial charge is 0.355 e. The fraction of sp³-hybridized carbons (Fsp3) is 0.941. The quantitative estimate of drug-likeness (QED) is 0.624. The van der Waals surface area contributed by atoms with Gasteiger partial charge in [-0.15, -0.1) is 0 Å². The van der Waals surface area contributed by atoms with E-state index in [9.17, 15) is 0 Å². The summed E-state index contributed by atoms with van der Waals surface area (Å²) in [6.07, 6.45) is 5.71. The molecule has 2 atom stereocenters. The lowest BCUT2D eigenvalue weighted by molar-refractivity contribution is 0.236. The van der Waals surface area contributed by atoms with Crippen LogP contribution < -0.4 is 5.32 Å². The average molecular weight is 294 g/mol. The van der Waals surface area contributed by atoms with Crippen LogP contribution >= 0.6 is 0 Å². The Labute approximate surface area is 131 Å². The highest BCUT2D eigenvalue weighted by molar-refractivity contribution is 5.80. The molecule has 0 radical (unpaired) electrons. The van der Waals surface area contributed by atoms with Gasteiger partial charge in [-0.3, -0.25) is 9.89 Å². The minimum Gasteiger partial charge on any atom is -0.355 e. The number of hydrogen-bond acceptors (Lipinski definition) is 2. The maximum Gasteiger partial charge on any atom is 0.193 e. The highest BCUT2D eigenvalue weighted by Crippen LogP contribution is 2.35. The normalized spacial score (nSPS) is 26.6. The Morgan fingerprint density at radius 1 is 1.24 bits per heavy atom. The number of likely N-dealkylation sites (N-methyl/N-ethyl adjacent to an activating group) is 1. The van der Waals surface area contributed by atoms with Crippen molar-refractivity contribution in [3.05, 3.63) is 0 Å². The van der Waals surface area contributed by atoms with Gasteiger partial charge in [0.25, 0.3) is 0 Å². The van der Waals surface area contributed by atoms with Crippen LogP contribution in [0.2, 0.25) is 0 Å². The molecule has 21 heavy (non-hydrogen) atoms. The summed E-state index contributed by atoms with van der Waals surface area (Å²) >= 11 is 0. The van der Waals surface area contributed by atoms with Gasteiger partial charge in [-0.1, -0.05) is 19.8 Å². The van der Waals surface area contributed by atoms with Crippen molar-refractivity contribution in [1.29, 1.82) is 0 Å². The second-order valence-corrected chi connectivity index (χ2v) is 6.91. The van der Waals surface area contributed by atoms with E-state index in [1.165, 1.54) is 38.8 Å². The Hall–Kier alpha value is -0.770. The highest BCUT2D eigenvalue weighted by atomic mass is 15.3. The molecule has 1 N–H and O–H groups in total. The lowest BCUT2D eigenvalue weighted by Crippen LogP contribution is -2.44. The Morgan fingerprint density at radius 3 is 2.33 bits per heavy atom. The molecule has 2 fully saturated rings. The molecule has 0 amide bonds. The van der Waals surface area contributed by atoms with Crippen molar-refractivity contribution < 1.29 is 0 Å². The number of rotatable bonds is 5. The van der Waals surface area contributed by atoms with E-state index in [-0.39, 0.29) is 0 Å². The van der Waals surface area contributed by atoms with Crippen molar-refractivity contribution in [2.45, 2.75) is 52.5 Å². The predicted octanol–water partition coefficient (Wildman–Crippen LogP) is 2.41. The smallest absolute Gasteiger partial charge is 0.193 e. The fourth-order valence-corrected chi connectivity index (χ4v) is 4.00. The maximum atomic E-state index is 4.51. The van der Waals surface area contributed by atoms with Crippen molar-refractivity contribution in [2.24, 2.45) is 16.8 Å². The molecule has 0 spiro atoms. The van der Waals surface area contributed by atoms with Crippen LogP contribution in [-0.4, -0.2) is 61.6 Å². The standard InChI is InChI=1S/C17H34N4/c1-5-20(14(2)3)11-10-19-17(18-4)21-12-15-8-6-7-9-16(15)13-21/h14-16H,5-13H2,1-4H3,(H,18,19). The molecular formula is C17H34N4. The molecule has 0 bridgehead atoms. The zero-order valence-electron chi connectivity index (χ0n) is 14.4. The predicted molar refractivity (Wildman–Crippen MR) is 90.8 cm³/mol. The first-order valence-electron chi connectivity index (χ1n) is 8.85. The molecule has 1 saturated carbocycles.